The van der Waals surface area contributed by atoms with E-state index < -0.39 is 48.0 Å². The average molecular weight is 451 g/mol. The minimum atomic E-state index is -1.13. The summed E-state index contributed by atoms with van der Waals surface area (Å²) < 4.78 is 23.4. The van der Waals surface area contributed by atoms with Crippen LogP contribution in [-0.2, 0) is 33.3 Å². The summed E-state index contributed by atoms with van der Waals surface area (Å²) in [5.41, 5.74) is -0.253. The molecule has 2 N–H and O–H groups in total. The minimum absolute atomic E-state index is 0.0451. The molecule has 1 saturated heterocycles. The first kappa shape index (κ1) is 23.2. The van der Waals surface area contributed by atoms with Crippen LogP contribution in [-0.4, -0.2) is 68.9 Å². The maximum atomic E-state index is 12.3. The number of hydrogen-bond donors (Lipinski definition) is 2. The van der Waals surface area contributed by atoms with E-state index in [1.165, 1.54) is 31.7 Å². The quantitative estimate of drug-likeness (QED) is 0.418. The third-order valence-electron chi connectivity index (χ3n) is 4.61. The molecule has 2 aromatic rings. The van der Waals surface area contributed by atoms with Crippen molar-refractivity contribution < 1.29 is 33.3 Å². The number of hydrogen-bond acceptors (Lipinski definition) is 11. The molecule has 0 aromatic carbocycles. The normalized spacial score (nSPS) is 22.5. The predicted octanol–water partition coefficient (Wildman–Crippen LogP) is 0.265. The maximum Gasteiger partial charge on any atom is 0.303 e. The Labute approximate surface area is 182 Å². The van der Waals surface area contributed by atoms with Crippen molar-refractivity contribution >= 4 is 35.0 Å². The molecule has 1 fully saturated rings. The Hall–Kier alpha value is -3.48. The van der Waals surface area contributed by atoms with Crippen molar-refractivity contribution in [2.45, 2.75) is 58.7 Å². The number of rotatable bonds is 8. The summed E-state index contributed by atoms with van der Waals surface area (Å²) in [5, 5.41) is 3.10. The summed E-state index contributed by atoms with van der Waals surface area (Å²) in [5.74, 6) is -1.59. The highest BCUT2D eigenvalue weighted by Gasteiger charge is 2.51. The number of aromatic nitrogens is 4. The van der Waals surface area contributed by atoms with E-state index in [0.29, 0.717) is 6.54 Å². The van der Waals surface area contributed by atoms with Crippen molar-refractivity contribution in [3.05, 3.63) is 16.7 Å². The average Bonchev–Trinajstić information content (AvgIpc) is 3.23. The number of ether oxygens (including phenoxy) is 4. The van der Waals surface area contributed by atoms with Crippen LogP contribution in [0, 0.1) is 0 Å². The van der Waals surface area contributed by atoms with Crippen LogP contribution in [0.15, 0.2) is 11.1 Å². The van der Waals surface area contributed by atoms with E-state index in [1.54, 1.807) is 0 Å². The number of imidazole rings is 1. The van der Waals surface area contributed by atoms with Crippen LogP contribution in [0.4, 0.5) is 5.95 Å². The molecule has 13 heteroatoms. The number of esters is 3. The van der Waals surface area contributed by atoms with Gasteiger partial charge in [-0.1, -0.05) is 6.92 Å². The Bertz CT molecular complexity index is 1060. The van der Waals surface area contributed by atoms with E-state index in [2.05, 4.69) is 20.3 Å². The molecule has 4 atom stereocenters. The Kier molecular flexibility index (Phi) is 7.08. The number of nitrogens with one attached hydrogen (secondary N) is 2. The van der Waals surface area contributed by atoms with Crippen molar-refractivity contribution in [3.63, 3.8) is 0 Å². The first-order valence-corrected chi connectivity index (χ1v) is 10.1. The van der Waals surface area contributed by atoms with Crippen molar-refractivity contribution in [2.75, 3.05) is 18.5 Å². The van der Waals surface area contributed by atoms with Gasteiger partial charge < -0.3 is 29.2 Å². The molecule has 174 valence electrons. The van der Waals surface area contributed by atoms with Crippen LogP contribution >= 0.6 is 0 Å². The highest BCUT2D eigenvalue weighted by Crippen LogP contribution is 2.37. The van der Waals surface area contributed by atoms with Gasteiger partial charge in [-0.3, -0.25) is 23.7 Å². The number of carbonyl (C=O) groups is 3. The molecule has 0 bridgehead atoms. The first-order valence-electron chi connectivity index (χ1n) is 10.1. The third kappa shape index (κ3) is 4.88. The highest BCUT2D eigenvalue weighted by molar-refractivity contribution is 5.74. The van der Waals surface area contributed by atoms with Crippen molar-refractivity contribution in [1.29, 1.82) is 0 Å². The monoisotopic (exact) mass is 451 g/mol. The topological polar surface area (TPSA) is 164 Å². The second-order valence-corrected chi connectivity index (χ2v) is 7.15. The molecule has 2 aromatic heterocycles. The van der Waals surface area contributed by atoms with Gasteiger partial charge in [-0.05, 0) is 6.42 Å². The Morgan fingerprint density at radius 2 is 1.84 bits per heavy atom. The fourth-order valence-corrected chi connectivity index (χ4v) is 3.42. The molecular formula is C19H25N5O8. The summed E-state index contributed by atoms with van der Waals surface area (Å²) in [7, 11) is 0. The molecule has 1 aliphatic rings. The Morgan fingerprint density at radius 3 is 2.47 bits per heavy atom. The smallest absolute Gasteiger partial charge is 0.303 e. The van der Waals surface area contributed by atoms with Crippen LogP contribution < -0.4 is 10.9 Å². The molecule has 0 amide bonds. The number of fused-ring (bicyclic) bond motifs is 1. The predicted molar refractivity (Wildman–Crippen MR) is 109 cm³/mol. The van der Waals surface area contributed by atoms with Gasteiger partial charge in [0.1, 0.15) is 12.7 Å². The minimum Gasteiger partial charge on any atom is -0.463 e. The lowest BCUT2D eigenvalue weighted by Crippen LogP contribution is -2.40. The van der Waals surface area contributed by atoms with Gasteiger partial charge in [0, 0.05) is 27.3 Å². The lowest BCUT2D eigenvalue weighted by molar-refractivity contribution is -0.166. The summed E-state index contributed by atoms with van der Waals surface area (Å²) >= 11 is 0. The zero-order valence-electron chi connectivity index (χ0n) is 18.1. The zero-order valence-corrected chi connectivity index (χ0v) is 18.1. The van der Waals surface area contributed by atoms with Crippen LogP contribution in [0.2, 0.25) is 0 Å². The molecule has 0 radical (unpaired) electrons. The van der Waals surface area contributed by atoms with Crippen LogP contribution in [0.25, 0.3) is 11.2 Å². The highest BCUT2D eigenvalue weighted by atomic mass is 16.7. The molecule has 32 heavy (non-hydrogen) atoms. The van der Waals surface area contributed by atoms with E-state index in [0.717, 1.165) is 6.42 Å². The zero-order chi connectivity index (χ0) is 23.4. The fourth-order valence-electron chi connectivity index (χ4n) is 3.42. The number of aromatic amines is 1. The van der Waals surface area contributed by atoms with E-state index >= 15 is 0 Å². The summed E-state index contributed by atoms with van der Waals surface area (Å²) in [6, 6.07) is 0. The second-order valence-electron chi connectivity index (χ2n) is 7.15. The van der Waals surface area contributed by atoms with Gasteiger partial charge in [0.25, 0.3) is 5.56 Å². The summed E-state index contributed by atoms with van der Waals surface area (Å²) in [4.78, 5) is 58.3. The fraction of sp³-hybridized carbons (Fsp3) is 0.579. The number of anilines is 1. The number of carbonyl (C=O) groups excluding carboxylic acids is 3. The second kappa shape index (κ2) is 9.77. The Balaban J connectivity index is 2.12. The number of nitrogens with zero attached hydrogens (tertiary/aromatic N) is 3. The van der Waals surface area contributed by atoms with Gasteiger partial charge in [-0.2, -0.15) is 0 Å². The summed E-state index contributed by atoms with van der Waals surface area (Å²) in [6.07, 6.45) is -2.27. The maximum absolute atomic E-state index is 12.3. The largest absolute Gasteiger partial charge is 0.463 e. The van der Waals surface area contributed by atoms with Crippen molar-refractivity contribution in [2.24, 2.45) is 0 Å². The van der Waals surface area contributed by atoms with Gasteiger partial charge in [-0.25, -0.2) is 9.97 Å². The van der Waals surface area contributed by atoms with Gasteiger partial charge in [-0.15, -0.1) is 0 Å². The molecule has 13 nitrogen and oxygen atoms in total. The van der Waals surface area contributed by atoms with Crippen LogP contribution in [0.1, 0.15) is 40.3 Å². The SMILES string of the molecule is CCCNc1nc2c(=O)[nH]cnc2n1[C@@H]1O[C@H](COC(C)=O)[C@@H](OC(C)=O)[C@H]1OC(C)=O. The van der Waals surface area contributed by atoms with Crippen LogP contribution in [0.5, 0.6) is 0 Å². The lowest BCUT2D eigenvalue weighted by Gasteiger charge is -2.24. The van der Waals surface area contributed by atoms with Crippen LogP contribution in [0.3, 0.4) is 0 Å². The van der Waals surface area contributed by atoms with Gasteiger partial charge in [0.15, 0.2) is 29.6 Å². The Morgan fingerprint density at radius 1 is 1.16 bits per heavy atom. The van der Waals surface area contributed by atoms with Gasteiger partial charge in [0.2, 0.25) is 5.95 Å². The molecule has 0 spiro atoms. The third-order valence-corrected chi connectivity index (χ3v) is 4.61. The molecule has 3 rings (SSSR count). The molecular weight excluding hydrogens is 426 g/mol. The molecule has 0 saturated carbocycles. The lowest BCUT2D eigenvalue weighted by atomic mass is 10.1. The molecule has 0 unspecified atom stereocenters. The molecule has 0 aliphatic carbocycles. The first-order chi connectivity index (χ1) is 15.2. The molecule has 1 aliphatic heterocycles. The van der Waals surface area contributed by atoms with E-state index in [4.69, 9.17) is 18.9 Å². The van der Waals surface area contributed by atoms with E-state index in [-0.39, 0.29) is 23.7 Å². The van der Waals surface area contributed by atoms with E-state index in [1.807, 2.05) is 6.92 Å². The van der Waals surface area contributed by atoms with E-state index in [9.17, 15) is 19.2 Å². The summed E-state index contributed by atoms with van der Waals surface area (Å²) in [6.45, 7) is 5.85. The van der Waals surface area contributed by atoms with Gasteiger partial charge >= 0.3 is 17.9 Å². The van der Waals surface area contributed by atoms with Crippen molar-refractivity contribution in [1.82, 2.24) is 19.5 Å². The standard InChI is InChI=1S/C19H25N5O8/c1-5-6-20-19-23-13-16(21-8-22-17(13)28)24(19)18-15(31-11(4)27)14(30-10(3)26)12(32-18)7-29-9(2)25/h8,12,14-15,18H,5-7H2,1-4H3,(H,20,23)(H,21,22,28)/t12-,14-,15-,18-/m1/s1. The number of H-pyrrole nitrogens is 1. The van der Waals surface area contributed by atoms with Crippen molar-refractivity contribution in [3.8, 4) is 0 Å². The van der Waals surface area contributed by atoms with Gasteiger partial charge in [0.05, 0.1) is 6.33 Å². The molecule has 3 heterocycles.